The summed E-state index contributed by atoms with van der Waals surface area (Å²) in [7, 11) is 4.07. The summed E-state index contributed by atoms with van der Waals surface area (Å²) in [6, 6.07) is 21.7. The number of anilines is 1. The first-order valence-corrected chi connectivity index (χ1v) is 16.3. The summed E-state index contributed by atoms with van der Waals surface area (Å²) in [4.78, 5) is 52.4. The van der Waals surface area contributed by atoms with Crippen molar-refractivity contribution in [1.82, 2.24) is 25.0 Å². The first-order chi connectivity index (χ1) is 22.2. The van der Waals surface area contributed by atoms with Gasteiger partial charge in [-0.15, -0.1) is 0 Å². The number of nitrogens with one attached hydrogen (secondary N) is 2. The SMILES string of the molecule is C[C@@H](c1c[nH]c2ccccc12)[C@@H](NC(=O)N1CCN(C(=O)c2ccccc2)CC1)C(=O)N1C[C@@H](CN(C)C)Cc2cc(Cl)ccc21. The largest absolute Gasteiger partial charge is 0.361 e. The lowest BCUT2D eigenvalue weighted by atomic mass is 9.88. The Labute approximate surface area is 275 Å². The number of aromatic nitrogens is 1. The van der Waals surface area contributed by atoms with E-state index in [0.717, 1.165) is 40.7 Å². The van der Waals surface area contributed by atoms with Crippen molar-refractivity contribution in [2.75, 3.05) is 58.3 Å². The summed E-state index contributed by atoms with van der Waals surface area (Å²) in [6.07, 6.45) is 2.76. The monoisotopic (exact) mass is 640 g/mol. The summed E-state index contributed by atoms with van der Waals surface area (Å²) in [5.74, 6) is -0.327. The number of fused-ring (bicyclic) bond motifs is 2. The van der Waals surface area contributed by atoms with Gasteiger partial charge in [0.05, 0.1) is 0 Å². The molecule has 46 heavy (non-hydrogen) atoms. The van der Waals surface area contributed by atoms with Crippen molar-refractivity contribution in [3.05, 3.63) is 101 Å². The molecule has 1 saturated heterocycles. The Bertz CT molecular complexity index is 1720. The molecule has 0 saturated carbocycles. The zero-order valence-corrected chi connectivity index (χ0v) is 27.3. The van der Waals surface area contributed by atoms with Crippen molar-refractivity contribution in [2.24, 2.45) is 5.92 Å². The number of carbonyl (C=O) groups excluding carboxylic acids is 3. The number of urea groups is 1. The lowest BCUT2D eigenvalue weighted by Crippen LogP contribution is -2.59. The second-order valence-corrected chi connectivity index (χ2v) is 13.1. The van der Waals surface area contributed by atoms with E-state index in [-0.39, 0.29) is 29.7 Å². The Morgan fingerprint density at radius 2 is 1.65 bits per heavy atom. The van der Waals surface area contributed by atoms with Gasteiger partial charge >= 0.3 is 6.03 Å². The van der Waals surface area contributed by atoms with E-state index in [4.69, 9.17) is 11.6 Å². The van der Waals surface area contributed by atoms with Crippen LogP contribution in [0.5, 0.6) is 0 Å². The number of halogens is 1. The van der Waals surface area contributed by atoms with Crippen LogP contribution in [0.25, 0.3) is 10.9 Å². The van der Waals surface area contributed by atoms with E-state index in [1.165, 1.54) is 0 Å². The standard InChI is InChI=1S/C36H41ClN6O3/c1-24(30-21-38-31-12-8-7-11-29(30)31)33(35(45)43-23-25(22-40(2)3)19-27-20-28(37)13-14-32(27)43)39-36(46)42-17-15-41(16-18-42)34(44)26-9-5-4-6-10-26/h4-14,20-21,24-25,33,38H,15-19,22-23H2,1-3H3,(H,39,46)/t24-,25+,33+/m0/s1. The summed E-state index contributed by atoms with van der Waals surface area (Å²) < 4.78 is 0. The molecule has 0 spiro atoms. The molecule has 0 unspecified atom stereocenters. The van der Waals surface area contributed by atoms with Gasteiger partial charge < -0.3 is 29.9 Å². The normalized spacial score (nSPS) is 17.9. The fourth-order valence-corrected chi connectivity index (χ4v) is 7.07. The molecule has 2 aliphatic heterocycles. The number of benzene rings is 3. The predicted molar refractivity (Wildman–Crippen MR) is 183 cm³/mol. The van der Waals surface area contributed by atoms with E-state index < -0.39 is 6.04 Å². The lowest BCUT2D eigenvalue weighted by molar-refractivity contribution is -0.121. The van der Waals surface area contributed by atoms with Crippen LogP contribution in [0, 0.1) is 5.92 Å². The van der Waals surface area contributed by atoms with E-state index in [1.807, 2.05) is 92.8 Å². The second kappa shape index (κ2) is 13.6. The number of amides is 4. The average Bonchev–Trinajstić information content (AvgIpc) is 3.50. The van der Waals surface area contributed by atoms with Crippen LogP contribution in [0.2, 0.25) is 5.02 Å². The molecule has 1 fully saturated rings. The van der Waals surface area contributed by atoms with Crippen LogP contribution in [0.15, 0.2) is 79.0 Å². The molecular weight excluding hydrogens is 600 g/mol. The molecule has 2 N–H and O–H groups in total. The molecule has 3 aromatic carbocycles. The highest BCUT2D eigenvalue weighted by atomic mass is 35.5. The molecule has 4 aromatic rings. The van der Waals surface area contributed by atoms with Crippen molar-refractivity contribution in [1.29, 1.82) is 0 Å². The van der Waals surface area contributed by atoms with Crippen molar-refractivity contribution in [3.63, 3.8) is 0 Å². The molecule has 9 nitrogen and oxygen atoms in total. The van der Waals surface area contributed by atoms with Crippen LogP contribution >= 0.6 is 11.6 Å². The van der Waals surface area contributed by atoms with Gasteiger partial charge in [-0.2, -0.15) is 0 Å². The molecule has 0 aliphatic carbocycles. The fourth-order valence-electron chi connectivity index (χ4n) is 6.88. The number of hydrogen-bond donors (Lipinski definition) is 2. The van der Waals surface area contributed by atoms with E-state index in [1.54, 1.807) is 21.9 Å². The molecule has 0 bridgehead atoms. The molecular formula is C36H41ClN6O3. The Hall–Kier alpha value is -4.34. The summed E-state index contributed by atoms with van der Waals surface area (Å²) >= 11 is 6.41. The number of para-hydroxylation sites is 1. The number of aromatic amines is 1. The Morgan fingerprint density at radius 1 is 0.957 bits per heavy atom. The quantitative estimate of drug-likeness (QED) is 0.290. The highest BCUT2D eigenvalue weighted by molar-refractivity contribution is 6.30. The first-order valence-electron chi connectivity index (χ1n) is 15.9. The van der Waals surface area contributed by atoms with Crippen molar-refractivity contribution in [2.45, 2.75) is 25.3 Å². The van der Waals surface area contributed by atoms with Crippen LogP contribution in [0.3, 0.4) is 0 Å². The topological polar surface area (TPSA) is 92.0 Å². The van der Waals surface area contributed by atoms with Crippen LogP contribution in [-0.4, -0.2) is 96.9 Å². The number of piperazine rings is 1. The second-order valence-electron chi connectivity index (χ2n) is 12.7. The van der Waals surface area contributed by atoms with Crippen LogP contribution < -0.4 is 10.2 Å². The maximum Gasteiger partial charge on any atom is 0.318 e. The van der Waals surface area contributed by atoms with E-state index in [9.17, 15) is 14.4 Å². The highest BCUT2D eigenvalue weighted by Gasteiger charge is 2.38. The molecule has 3 atom stereocenters. The Morgan fingerprint density at radius 3 is 2.39 bits per heavy atom. The van der Waals surface area contributed by atoms with E-state index >= 15 is 0 Å². The molecule has 0 radical (unpaired) electrons. The van der Waals surface area contributed by atoms with Crippen LogP contribution in [0.4, 0.5) is 10.5 Å². The third kappa shape index (κ3) is 6.62. The predicted octanol–water partition coefficient (Wildman–Crippen LogP) is 5.23. The zero-order chi connectivity index (χ0) is 32.4. The van der Waals surface area contributed by atoms with Gasteiger partial charge in [-0.05, 0) is 74.0 Å². The molecule has 240 valence electrons. The van der Waals surface area contributed by atoms with Gasteiger partial charge in [-0.25, -0.2) is 4.79 Å². The maximum atomic E-state index is 14.7. The molecule has 2 aliphatic rings. The lowest BCUT2D eigenvalue weighted by Gasteiger charge is -2.40. The van der Waals surface area contributed by atoms with Gasteiger partial charge in [0, 0.05) is 78.6 Å². The van der Waals surface area contributed by atoms with Gasteiger partial charge in [-0.3, -0.25) is 9.59 Å². The number of H-pyrrole nitrogens is 1. The van der Waals surface area contributed by atoms with Crippen LogP contribution in [0.1, 0.15) is 34.3 Å². The Balaban J connectivity index is 1.26. The number of rotatable bonds is 7. The van der Waals surface area contributed by atoms with E-state index in [0.29, 0.717) is 43.3 Å². The third-order valence-corrected chi connectivity index (χ3v) is 9.44. The first kappa shape index (κ1) is 31.6. The summed E-state index contributed by atoms with van der Waals surface area (Å²) in [5.41, 5.74) is 4.44. The van der Waals surface area contributed by atoms with Gasteiger partial charge in [0.2, 0.25) is 5.91 Å². The maximum absolute atomic E-state index is 14.7. The minimum atomic E-state index is -0.836. The minimum Gasteiger partial charge on any atom is -0.361 e. The van der Waals surface area contributed by atoms with Crippen LogP contribution in [-0.2, 0) is 11.2 Å². The minimum absolute atomic E-state index is 0.0437. The summed E-state index contributed by atoms with van der Waals surface area (Å²) in [6.45, 7) is 4.95. The summed E-state index contributed by atoms with van der Waals surface area (Å²) in [5, 5.41) is 4.81. The zero-order valence-electron chi connectivity index (χ0n) is 26.6. The van der Waals surface area contributed by atoms with Gasteiger partial charge in [0.1, 0.15) is 6.04 Å². The number of hydrogen-bond acceptors (Lipinski definition) is 4. The van der Waals surface area contributed by atoms with E-state index in [2.05, 4.69) is 15.2 Å². The molecule has 3 heterocycles. The van der Waals surface area contributed by atoms with Gasteiger partial charge in [-0.1, -0.05) is 54.9 Å². The molecule has 4 amide bonds. The Kier molecular flexibility index (Phi) is 9.33. The molecule has 6 rings (SSSR count). The smallest absolute Gasteiger partial charge is 0.318 e. The van der Waals surface area contributed by atoms with Crippen molar-refractivity contribution >= 4 is 46.0 Å². The average molecular weight is 641 g/mol. The fraction of sp³-hybridized carbons (Fsp3) is 0.361. The highest BCUT2D eigenvalue weighted by Crippen LogP contribution is 2.35. The third-order valence-electron chi connectivity index (χ3n) is 9.20. The number of carbonyl (C=O) groups is 3. The molecule has 1 aromatic heterocycles. The molecule has 10 heteroatoms. The van der Waals surface area contributed by atoms with Gasteiger partial charge in [0.25, 0.3) is 5.91 Å². The number of nitrogens with zero attached hydrogens (tertiary/aromatic N) is 4. The van der Waals surface area contributed by atoms with Crippen molar-refractivity contribution in [3.8, 4) is 0 Å². The van der Waals surface area contributed by atoms with Gasteiger partial charge in [0.15, 0.2) is 0 Å². The van der Waals surface area contributed by atoms with Crippen molar-refractivity contribution < 1.29 is 14.4 Å².